The summed E-state index contributed by atoms with van der Waals surface area (Å²) in [6, 6.07) is 2.31. The third-order valence-electron chi connectivity index (χ3n) is 4.41. The molecule has 0 unspecified atom stereocenters. The van der Waals surface area contributed by atoms with Crippen molar-refractivity contribution in [2.24, 2.45) is 0 Å². The Morgan fingerprint density at radius 1 is 1.00 bits per heavy atom. The zero-order valence-corrected chi connectivity index (χ0v) is 15.2. The summed E-state index contributed by atoms with van der Waals surface area (Å²) >= 11 is 0. The van der Waals surface area contributed by atoms with E-state index in [4.69, 9.17) is 4.74 Å². The van der Waals surface area contributed by atoms with Gasteiger partial charge in [0.05, 0.1) is 18.0 Å². The van der Waals surface area contributed by atoms with Crippen LogP contribution in [0.5, 0.6) is 17.2 Å². The van der Waals surface area contributed by atoms with Gasteiger partial charge in [-0.1, -0.05) is 0 Å². The molecule has 0 aliphatic heterocycles. The maximum Gasteiger partial charge on any atom is 0.420 e. The van der Waals surface area contributed by atoms with E-state index in [1.54, 1.807) is 0 Å². The number of ether oxygens (including phenoxy) is 2. The topological polar surface area (TPSA) is 51.3 Å². The molecule has 1 N–H and O–H groups in total. The van der Waals surface area contributed by atoms with Crippen LogP contribution in [-0.4, -0.2) is 12.1 Å². The molecular weight excluding hydrogens is 404 g/mol. The fourth-order valence-electron chi connectivity index (χ4n) is 2.88. The van der Waals surface area contributed by atoms with Crippen molar-refractivity contribution >= 4 is 10.9 Å². The Kier molecular flexibility index (Phi) is 4.97. The second kappa shape index (κ2) is 7.02. The summed E-state index contributed by atoms with van der Waals surface area (Å²) in [5, 5.41) is -0.729. The molecule has 2 aromatic carbocycles. The molecule has 0 radical (unpaired) electrons. The minimum atomic E-state index is -5.08. The number of halogens is 6. The van der Waals surface area contributed by atoms with Crippen LogP contribution < -0.4 is 14.9 Å². The van der Waals surface area contributed by atoms with Crippen LogP contribution in [0.25, 0.3) is 10.9 Å². The van der Waals surface area contributed by atoms with Crippen LogP contribution in [-0.2, 0) is 6.18 Å². The van der Waals surface area contributed by atoms with E-state index in [9.17, 15) is 31.1 Å². The van der Waals surface area contributed by atoms with Gasteiger partial charge in [-0.25, -0.2) is 4.39 Å². The highest BCUT2D eigenvalue weighted by Crippen LogP contribution is 2.43. The predicted octanol–water partition coefficient (Wildman–Crippen LogP) is 5.38. The Morgan fingerprint density at radius 2 is 1.66 bits per heavy atom. The lowest BCUT2D eigenvalue weighted by Crippen LogP contribution is -2.17. The molecule has 0 saturated carbocycles. The molecule has 4 nitrogen and oxygen atoms in total. The van der Waals surface area contributed by atoms with Crippen molar-refractivity contribution in [1.82, 2.24) is 4.98 Å². The first-order valence-corrected chi connectivity index (χ1v) is 8.10. The van der Waals surface area contributed by atoms with E-state index < -0.39 is 57.3 Å². The van der Waals surface area contributed by atoms with Crippen LogP contribution in [0, 0.1) is 31.3 Å². The van der Waals surface area contributed by atoms with E-state index in [-0.39, 0.29) is 11.1 Å². The first kappa shape index (κ1) is 20.6. The smallest absolute Gasteiger partial charge is 0.420 e. The monoisotopic (exact) mass is 417 g/mol. The molecule has 0 atom stereocenters. The van der Waals surface area contributed by atoms with Gasteiger partial charge in [-0.05, 0) is 26.0 Å². The number of aryl methyl sites for hydroxylation is 1. The van der Waals surface area contributed by atoms with Gasteiger partial charge in [0, 0.05) is 17.3 Å². The summed E-state index contributed by atoms with van der Waals surface area (Å²) in [7, 11) is 0.892. The van der Waals surface area contributed by atoms with E-state index >= 15 is 0 Å². The van der Waals surface area contributed by atoms with Crippen LogP contribution in [0.1, 0.15) is 16.8 Å². The fourth-order valence-corrected chi connectivity index (χ4v) is 2.88. The number of nitrogens with one attached hydrogen (secondary N) is 1. The maximum absolute atomic E-state index is 14.2. The molecule has 3 aromatic rings. The van der Waals surface area contributed by atoms with E-state index in [0.717, 1.165) is 19.2 Å². The van der Waals surface area contributed by atoms with Crippen molar-refractivity contribution in [2.45, 2.75) is 20.0 Å². The van der Waals surface area contributed by atoms with Crippen molar-refractivity contribution in [2.75, 3.05) is 7.11 Å². The number of rotatable bonds is 3. The summed E-state index contributed by atoms with van der Waals surface area (Å²) < 4.78 is 92.5. The molecule has 0 aliphatic carbocycles. The first-order chi connectivity index (χ1) is 13.5. The molecule has 0 aliphatic rings. The number of hydrogen-bond acceptors (Lipinski definition) is 3. The molecule has 0 bridgehead atoms. The van der Waals surface area contributed by atoms with E-state index in [1.807, 2.05) is 0 Å². The lowest BCUT2D eigenvalue weighted by molar-refractivity contribution is -0.137. The summed E-state index contributed by atoms with van der Waals surface area (Å²) in [4.78, 5) is 15.2. The molecule has 0 spiro atoms. The highest BCUT2D eigenvalue weighted by Gasteiger charge is 2.38. The third-order valence-corrected chi connectivity index (χ3v) is 4.41. The first-order valence-electron chi connectivity index (χ1n) is 8.10. The van der Waals surface area contributed by atoms with E-state index in [1.165, 1.54) is 13.8 Å². The van der Waals surface area contributed by atoms with Gasteiger partial charge in [-0.2, -0.15) is 22.0 Å². The van der Waals surface area contributed by atoms with E-state index in [0.29, 0.717) is 11.8 Å². The number of methoxy groups -OCH3 is 1. The van der Waals surface area contributed by atoms with Crippen LogP contribution >= 0.6 is 0 Å². The molecule has 29 heavy (non-hydrogen) atoms. The van der Waals surface area contributed by atoms with Gasteiger partial charge >= 0.3 is 6.18 Å². The minimum absolute atomic E-state index is 0.0490. The fraction of sp³-hybridized carbons (Fsp3) is 0.211. The molecule has 154 valence electrons. The molecule has 10 heteroatoms. The predicted molar refractivity (Wildman–Crippen MR) is 92.0 cm³/mol. The maximum atomic E-state index is 14.2. The number of benzene rings is 2. The van der Waals surface area contributed by atoms with Gasteiger partial charge in [0.2, 0.25) is 11.6 Å². The van der Waals surface area contributed by atoms with Crippen molar-refractivity contribution in [3.05, 3.63) is 62.7 Å². The van der Waals surface area contributed by atoms with Crippen LogP contribution in [0.2, 0.25) is 0 Å². The van der Waals surface area contributed by atoms with Gasteiger partial charge in [0.25, 0.3) is 0 Å². The van der Waals surface area contributed by atoms with Crippen molar-refractivity contribution in [1.29, 1.82) is 0 Å². The second-order valence-electron chi connectivity index (χ2n) is 6.18. The molecular formula is C19H13F6NO3. The van der Waals surface area contributed by atoms with Gasteiger partial charge in [-0.3, -0.25) is 4.79 Å². The molecule has 0 fully saturated rings. The molecule has 0 saturated heterocycles. The van der Waals surface area contributed by atoms with Crippen molar-refractivity contribution in [3.63, 3.8) is 0 Å². The van der Waals surface area contributed by atoms with Gasteiger partial charge < -0.3 is 14.5 Å². The Balaban J connectivity index is 2.31. The molecule has 1 heterocycles. The summed E-state index contributed by atoms with van der Waals surface area (Å²) in [6.45, 7) is 2.86. The Bertz CT molecular complexity index is 1180. The quantitative estimate of drug-likeness (QED) is 0.460. The number of pyridine rings is 1. The summed E-state index contributed by atoms with van der Waals surface area (Å²) in [5.74, 6) is -8.05. The van der Waals surface area contributed by atoms with Crippen LogP contribution in [0.3, 0.4) is 0 Å². The van der Waals surface area contributed by atoms with Crippen LogP contribution in [0.4, 0.5) is 26.3 Å². The third kappa shape index (κ3) is 3.39. The Hall–Kier alpha value is -3.17. The summed E-state index contributed by atoms with van der Waals surface area (Å²) in [5.41, 5.74) is -2.09. The second-order valence-corrected chi connectivity index (χ2v) is 6.18. The lowest BCUT2D eigenvalue weighted by atomic mass is 10.0. The number of fused-ring (bicyclic) bond motifs is 1. The van der Waals surface area contributed by atoms with Gasteiger partial charge in [0.15, 0.2) is 22.7 Å². The Labute approximate surface area is 159 Å². The molecule has 3 rings (SSSR count). The number of H-pyrrole nitrogens is 1. The number of alkyl halides is 3. The number of hydrogen-bond donors (Lipinski definition) is 1. The summed E-state index contributed by atoms with van der Waals surface area (Å²) in [6.07, 6.45) is -5.08. The molecule has 1 aromatic heterocycles. The zero-order valence-electron chi connectivity index (χ0n) is 15.2. The van der Waals surface area contributed by atoms with Gasteiger partial charge in [0.1, 0.15) is 11.3 Å². The van der Waals surface area contributed by atoms with E-state index in [2.05, 4.69) is 9.72 Å². The SMILES string of the molecule is COc1c(F)cc(Oc2ccc3[nH]c(C)c(C)c(=O)c3c2C(F)(F)F)c(F)c1F. The largest absolute Gasteiger partial charge is 0.491 e. The zero-order chi connectivity index (χ0) is 21.7. The average Bonchev–Trinajstić information content (AvgIpc) is 2.63. The van der Waals surface area contributed by atoms with Crippen molar-refractivity contribution < 1.29 is 35.8 Å². The Morgan fingerprint density at radius 3 is 2.24 bits per heavy atom. The highest BCUT2D eigenvalue weighted by atomic mass is 19.4. The number of aromatic amines is 1. The highest BCUT2D eigenvalue weighted by molar-refractivity contribution is 5.86. The normalized spacial score (nSPS) is 11.8. The van der Waals surface area contributed by atoms with Gasteiger partial charge in [-0.15, -0.1) is 0 Å². The standard InChI is InChI=1S/C19H13F6NO3/c1-7-8(2)26-10-4-5-11(14(19(23,24)25)13(10)17(7)27)29-12-6-9(20)18(28-3)16(22)15(12)21/h4-6H,1-3H3,(H,26,27). The van der Waals surface area contributed by atoms with Crippen LogP contribution in [0.15, 0.2) is 23.0 Å². The van der Waals surface area contributed by atoms with Crippen molar-refractivity contribution in [3.8, 4) is 17.2 Å². The minimum Gasteiger partial charge on any atom is -0.491 e. The number of aromatic nitrogens is 1. The lowest BCUT2D eigenvalue weighted by Gasteiger charge is -2.17. The average molecular weight is 417 g/mol. The molecule has 0 amide bonds.